The van der Waals surface area contributed by atoms with Crippen molar-refractivity contribution in [1.82, 2.24) is 14.6 Å². The van der Waals surface area contributed by atoms with Crippen molar-refractivity contribution in [2.75, 3.05) is 10.7 Å². The van der Waals surface area contributed by atoms with Crippen LogP contribution in [0.2, 0.25) is 0 Å². The van der Waals surface area contributed by atoms with Gasteiger partial charge in [0.25, 0.3) is 5.56 Å². The van der Waals surface area contributed by atoms with Gasteiger partial charge < -0.3 is 5.32 Å². The van der Waals surface area contributed by atoms with Crippen LogP contribution >= 0.6 is 12.2 Å². The molecule has 3 rings (SSSR count). The molecule has 0 saturated heterocycles. The van der Waals surface area contributed by atoms with Crippen LogP contribution in [0.1, 0.15) is 5.82 Å². The van der Waals surface area contributed by atoms with Gasteiger partial charge in [-0.2, -0.15) is 0 Å². The van der Waals surface area contributed by atoms with Gasteiger partial charge in [-0.15, -0.1) is 0 Å². The van der Waals surface area contributed by atoms with Crippen molar-refractivity contribution >= 4 is 33.9 Å². The van der Waals surface area contributed by atoms with Crippen LogP contribution < -0.4 is 16.3 Å². The van der Waals surface area contributed by atoms with Crippen LogP contribution in [-0.4, -0.2) is 19.8 Å². The molecule has 0 atom stereocenters. The van der Waals surface area contributed by atoms with Gasteiger partial charge in [0.1, 0.15) is 5.82 Å². The van der Waals surface area contributed by atoms with Gasteiger partial charge in [0, 0.05) is 6.20 Å². The lowest BCUT2D eigenvalue weighted by molar-refractivity contribution is 0.838. The molecule has 110 valence electrons. The number of fused-ring (bicyclic) bond motifs is 1. The summed E-state index contributed by atoms with van der Waals surface area (Å²) in [4.78, 5) is 20.9. The van der Waals surface area contributed by atoms with Crippen molar-refractivity contribution in [1.29, 1.82) is 0 Å². The average Bonchev–Trinajstić information content (AvgIpc) is 2.52. The predicted octanol–water partition coefficient (Wildman–Crippen LogP) is 2.04. The van der Waals surface area contributed by atoms with Gasteiger partial charge in [0.05, 0.1) is 22.8 Å². The summed E-state index contributed by atoms with van der Waals surface area (Å²) >= 11 is 5.22. The minimum Gasteiger partial charge on any atom is -0.330 e. The standard InChI is InChI=1S/C15H13N5OS/c1-10-17-13-7-3-2-6-12(13)14(21)20(10)19-15(22)18-11-5-4-8-16-9-11/h2-9H,1H3,(H2,18,19,22). The highest BCUT2D eigenvalue weighted by Gasteiger charge is 2.08. The van der Waals surface area contributed by atoms with Crippen LogP contribution in [0.5, 0.6) is 0 Å². The topological polar surface area (TPSA) is 71.8 Å². The number of para-hydroxylation sites is 1. The Bertz CT molecular complexity index is 891. The van der Waals surface area contributed by atoms with Gasteiger partial charge in [0.15, 0.2) is 5.11 Å². The molecule has 22 heavy (non-hydrogen) atoms. The molecule has 6 nitrogen and oxygen atoms in total. The molecule has 0 aliphatic carbocycles. The second kappa shape index (κ2) is 5.90. The van der Waals surface area contributed by atoms with Gasteiger partial charge in [-0.1, -0.05) is 12.1 Å². The van der Waals surface area contributed by atoms with Crippen molar-refractivity contribution in [3.05, 3.63) is 65.0 Å². The minimum atomic E-state index is -0.196. The van der Waals surface area contributed by atoms with E-state index in [0.717, 1.165) is 5.69 Å². The number of aromatic nitrogens is 3. The van der Waals surface area contributed by atoms with E-state index in [2.05, 4.69) is 20.7 Å². The lowest BCUT2D eigenvalue weighted by Crippen LogP contribution is -2.37. The van der Waals surface area contributed by atoms with E-state index in [4.69, 9.17) is 12.2 Å². The SMILES string of the molecule is Cc1nc2ccccc2c(=O)n1NC(=S)Nc1cccnc1. The van der Waals surface area contributed by atoms with E-state index >= 15 is 0 Å². The fraction of sp³-hybridized carbons (Fsp3) is 0.0667. The highest BCUT2D eigenvalue weighted by molar-refractivity contribution is 7.80. The first-order valence-corrected chi connectivity index (χ1v) is 7.02. The van der Waals surface area contributed by atoms with Crippen molar-refractivity contribution in [3.8, 4) is 0 Å². The monoisotopic (exact) mass is 311 g/mol. The van der Waals surface area contributed by atoms with Gasteiger partial charge in [-0.3, -0.25) is 15.2 Å². The summed E-state index contributed by atoms with van der Waals surface area (Å²) in [7, 11) is 0. The molecule has 0 amide bonds. The minimum absolute atomic E-state index is 0.196. The van der Waals surface area contributed by atoms with Crippen LogP contribution in [0, 0.1) is 6.92 Å². The van der Waals surface area contributed by atoms with E-state index in [9.17, 15) is 4.79 Å². The Labute approximate surface area is 131 Å². The number of aryl methyl sites for hydroxylation is 1. The Morgan fingerprint density at radius 3 is 2.82 bits per heavy atom. The van der Waals surface area contributed by atoms with Crippen LogP contribution in [0.25, 0.3) is 10.9 Å². The highest BCUT2D eigenvalue weighted by atomic mass is 32.1. The molecule has 0 radical (unpaired) electrons. The second-order valence-corrected chi connectivity index (χ2v) is 5.03. The number of nitrogens with one attached hydrogen (secondary N) is 2. The zero-order valence-corrected chi connectivity index (χ0v) is 12.6. The van der Waals surface area contributed by atoms with Crippen molar-refractivity contribution < 1.29 is 0 Å². The smallest absolute Gasteiger partial charge is 0.280 e. The first kappa shape index (κ1) is 14.2. The molecule has 7 heteroatoms. The number of thiocarbonyl (C=S) groups is 1. The largest absolute Gasteiger partial charge is 0.330 e. The summed E-state index contributed by atoms with van der Waals surface area (Å²) in [6.07, 6.45) is 3.31. The molecule has 0 aliphatic heterocycles. The first-order valence-electron chi connectivity index (χ1n) is 6.61. The van der Waals surface area contributed by atoms with Crippen LogP contribution in [0.4, 0.5) is 5.69 Å². The summed E-state index contributed by atoms with van der Waals surface area (Å²) in [5, 5.41) is 3.78. The Kier molecular flexibility index (Phi) is 3.80. The van der Waals surface area contributed by atoms with E-state index in [1.165, 1.54) is 4.68 Å². The average molecular weight is 311 g/mol. The maximum absolute atomic E-state index is 12.5. The van der Waals surface area contributed by atoms with Crippen LogP contribution in [0.15, 0.2) is 53.6 Å². The summed E-state index contributed by atoms with van der Waals surface area (Å²) < 4.78 is 1.33. The number of anilines is 1. The molecule has 0 fully saturated rings. The molecule has 1 aromatic carbocycles. The van der Waals surface area contributed by atoms with Gasteiger partial charge in [-0.25, -0.2) is 9.66 Å². The number of pyridine rings is 1. The van der Waals surface area contributed by atoms with Crippen LogP contribution in [0.3, 0.4) is 0 Å². The van der Waals surface area contributed by atoms with E-state index in [0.29, 0.717) is 16.7 Å². The molecule has 3 aromatic rings. The second-order valence-electron chi connectivity index (χ2n) is 4.62. The Morgan fingerprint density at radius 2 is 2.05 bits per heavy atom. The quantitative estimate of drug-likeness (QED) is 0.706. The molecule has 2 heterocycles. The van der Waals surface area contributed by atoms with E-state index in [-0.39, 0.29) is 10.7 Å². The number of benzene rings is 1. The third kappa shape index (κ3) is 2.79. The summed E-state index contributed by atoms with van der Waals surface area (Å²) in [5.41, 5.74) is 4.05. The Balaban J connectivity index is 1.91. The summed E-state index contributed by atoms with van der Waals surface area (Å²) in [6, 6.07) is 10.8. The molecule has 0 saturated carbocycles. The third-order valence-electron chi connectivity index (χ3n) is 3.08. The fourth-order valence-electron chi connectivity index (χ4n) is 2.07. The lowest BCUT2D eigenvalue weighted by atomic mass is 10.2. The van der Waals surface area contributed by atoms with E-state index in [1.54, 1.807) is 43.6 Å². The molecule has 0 unspecified atom stereocenters. The molecule has 2 N–H and O–H groups in total. The highest BCUT2D eigenvalue weighted by Crippen LogP contribution is 2.07. The number of hydrogen-bond acceptors (Lipinski definition) is 4. The summed E-state index contributed by atoms with van der Waals surface area (Å²) in [5.74, 6) is 0.527. The molecular formula is C15H13N5OS. The molecule has 2 aromatic heterocycles. The predicted molar refractivity (Wildman–Crippen MR) is 90.6 cm³/mol. The maximum Gasteiger partial charge on any atom is 0.280 e. The van der Waals surface area contributed by atoms with Gasteiger partial charge in [0.2, 0.25) is 0 Å². The van der Waals surface area contributed by atoms with Crippen molar-refractivity contribution in [2.45, 2.75) is 6.92 Å². The number of hydrogen-bond donors (Lipinski definition) is 2. The van der Waals surface area contributed by atoms with Gasteiger partial charge >= 0.3 is 0 Å². The fourth-order valence-corrected chi connectivity index (χ4v) is 2.28. The third-order valence-corrected chi connectivity index (χ3v) is 3.27. The normalized spacial score (nSPS) is 10.4. The number of nitrogens with zero attached hydrogens (tertiary/aromatic N) is 3. The van der Waals surface area contributed by atoms with Crippen LogP contribution in [-0.2, 0) is 0 Å². The Morgan fingerprint density at radius 1 is 1.23 bits per heavy atom. The van der Waals surface area contributed by atoms with Crippen molar-refractivity contribution in [2.24, 2.45) is 0 Å². The molecule has 0 aliphatic rings. The van der Waals surface area contributed by atoms with Crippen molar-refractivity contribution in [3.63, 3.8) is 0 Å². The van der Waals surface area contributed by atoms with Gasteiger partial charge in [-0.05, 0) is 43.4 Å². The first-order chi connectivity index (χ1) is 10.6. The molecule has 0 bridgehead atoms. The van der Waals surface area contributed by atoms with E-state index in [1.807, 2.05) is 12.1 Å². The zero-order valence-electron chi connectivity index (χ0n) is 11.8. The maximum atomic E-state index is 12.5. The number of rotatable bonds is 2. The van der Waals surface area contributed by atoms with E-state index < -0.39 is 0 Å². The lowest BCUT2D eigenvalue weighted by Gasteiger charge is -2.14. The zero-order chi connectivity index (χ0) is 15.5. The summed E-state index contributed by atoms with van der Waals surface area (Å²) in [6.45, 7) is 1.74. The molecular weight excluding hydrogens is 298 g/mol. The Hall–Kier alpha value is -2.80. The molecule has 0 spiro atoms.